The van der Waals surface area contributed by atoms with E-state index in [1.165, 1.54) is 52.8 Å². The first-order valence-electron chi connectivity index (χ1n) is 7.55. The Morgan fingerprint density at radius 3 is 2.12 bits per heavy atom. The second-order valence-electron chi connectivity index (χ2n) is 5.48. The molecular weight excluding hydrogens is 333 g/mol. The Bertz CT molecular complexity index is 826. The van der Waals surface area contributed by atoms with Gasteiger partial charge in [-0.2, -0.15) is 4.31 Å². The van der Waals surface area contributed by atoms with Crippen molar-refractivity contribution in [2.24, 2.45) is 0 Å². The standard InChI is InChI=1S/C17H16FNO4S/c18-14-5-7-15(8-6-14)23-17(20)13-3-9-16(10-4-13)24(21,22)19-11-1-2-12-19/h3-10H,1-2,11-12H2. The summed E-state index contributed by atoms with van der Waals surface area (Å²) in [7, 11) is -3.51. The van der Waals surface area contributed by atoms with Crippen molar-refractivity contribution < 1.29 is 22.3 Å². The van der Waals surface area contributed by atoms with E-state index in [0.717, 1.165) is 12.8 Å². The maximum absolute atomic E-state index is 12.8. The van der Waals surface area contributed by atoms with Crippen molar-refractivity contribution in [1.29, 1.82) is 0 Å². The minimum absolute atomic E-state index is 0.155. The van der Waals surface area contributed by atoms with E-state index in [-0.39, 0.29) is 16.2 Å². The van der Waals surface area contributed by atoms with Crippen molar-refractivity contribution in [3.63, 3.8) is 0 Å². The van der Waals surface area contributed by atoms with Crippen LogP contribution in [0.25, 0.3) is 0 Å². The zero-order valence-corrected chi connectivity index (χ0v) is 13.6. The summed E-state index contributed by atoms with van der Waals surface area (Å²) in [4.78, 5) is 12.2. The Morgan fingerprint density at radius 2 is 1.54 bits per heavy atom. The van der Waals surface area contributed by atoms with Gasteiger partial charge >= 0.3 is 5.97 Å². The summed E-state index contributed by atoms with van der Waals surface area (Å²) >= 11 is 0. The van der Waals surface area contributed by atoms with Crippen molar-refractivity contribution in [1.82, 2.24) is 4.31 Å². The van der Waals surface area contributed by atoms with Gasteiger partial charge in [-0.05, 0) is 61.4 Å². The second-order valence-corrected chi connectivity index (χ2v) is 7.42. The molecule has 0 N–H and O–H groups in total. The first-order valence-corrected chi connectivity index (χ1v) is 8.99. The molecule has 3 rings (SSSR count). The van der Waals surface area contributed by atoms with Gasteiger partial charge in [-0.1, -0.05) is 0 Å². The molecule has 7 heteroatoms. The first-order chi connectivity index (χ1) is 11.5. The van der Waals surface area contributed by atoms with Crippen molar-refractivity contribution in [3.8, 4) is 5.75 Å². The van der Waals surface area contributed by atoms with Gasteiger partial charge in [0.05, 0.1) is 10.5 Å². The highest BCUT2D eigenvalue weighted by molar-refractivity contribution is 7.89. The van der Waals surface area contributed by atoms with E-state index in [0.29, 0.717) is 13.1 Å². The van der Waals surface area contributed by atoms with Crippen LogP contribution in [0.3, 0.4) is 0 Å². The third-order valence-corrected chi connectivity index (χ3v) is 5.73. The lowest BCUT2D eigenvalue weighted by Gasteiger charge is -2.15. The Labute approximate surface area is 139 Å². The molecule has 1 saturated heterocycles. The topological polar surface area (TPSA) is 63.7 Å². The lowest BCUT2D eigenvalue weighted by atomic mass is 10.2. The van der Waals surface area contributed by atoms with Crippen LogP contribution in [-0.4, -0.2) is 31.8 Å². The van der Waals surface area contributed by atoms with E-state index in [1.807, 2.05) is 0 Å². The minimum Gasteiger partial charge on any atom is -0.423 e. The van der Waals surface area contributed by atoms with Gasteiger partial charge in [0.2, 0.25) is 10.0 Å². The van der Waals surface area contributed by atoms with Gasteiger partial charge in [0.15, 0.2) is 0 Å². The summed E-state index contributed by atoms with van der Waals surface area (Å²) < 4.78 is 44.2. The number of hydrogen-bond donors (Lipinski definition) is 0. The molecular formula is C17H16FNO4S. The average Bonchev–Trinajstić information content (AvgIpc) is 3.12. The molecule has 0 amide bonds. The lowest BCUT2D eigenvalue weighted by Crippen LogP contribution is -2.27. The number of nitrogens with zero attached hydrogens (tertiary/aromatic N) is 1. The molecule has 24 heavy (non-hydrogen) atoms. The van der Waals surface area contributed by atoms with Crippen LogP contribution < -0.4 is 4.74 Å². The molecule has 0 unspecified atom stereocenters. The van der Waals surface area contributed by atoms with E-state index in [4.69, 9.17) is 4.74 Å². The highest BCUT2D eigenvalue weighted by atomic mass is 32.2. The number of sulfonamides is 1. The molecule has 1 fully saturated rings. The molecule has 1 heterocycles. The molecule has 126 valence electrons. The molecule has 2 aromatic rings. The van der Waals surface area contributed by atoms with Crippen molar-refractivity contribution in [2.45, 2.75) is 17.7 Å². The molecule has 0 aromatic heterocycles. The molecule has 0 aliphatic carbocycles. The SMILES string of the molecule is O=C(Oc1ccc(F)cc1)c1ccc(S(=O)(=O)N2CCCC2)cc1. The predicted molar refractivity (Wildman–Crippen MR) is 85.8 cm³/mol. The first kappa shape index (κ1) is 16.6. The van der Waals surface area contributed by atoms with Gasteiger partial charge in [-0.15, -0.1) is 0 Å². The fraction of sp³-hybridized carbons (Fsp3) is 0.235. The maximum atomic E-state index is 12.8. The third-order valence-electron chi connectivity index (χ3n) is 3.82. The maximum Gasteiger partial charge on any atom is 0.343 e. The van der Waals surface area contributed by atoms with E-state index in [2.05, 4.69) is 0 Å². The predicted octanol–water partition coefficient (Wildman–Crippen LogP) is 2.83. The van der Waals surface area contributed by atoms with Crippen LogP contribution in [0.1, 0.15) is 23.2 Å². The van der Waals surface area contributed by atoms with Crippen LogP contribution in [0.2, 0.25) is 0 Å². The molecule has 2 aromatic carbocycles. The highest BCUT2D eigenvalue weighted by Crippen LogP contribution is 2.21. The summed E-state index contributed by atoms with van der Waals surface area (Å²) in [6.45, 7) is 1.05. The van der Waals surface area contributed by atoms with Gasteiger partial charge in [0.25, 0.3) is 0 Å². The van der Waals surface area contributed by atoms with Crippen LogP contribution in [0.4, 0.5) is 4.39 Å². The monoisotopic (exact) mass is 349 g/mol. The van der Waals surface area contributed by atoms with E-state index in [1.54, 1.807) is 0 Å². The summed E-state index contributed by atoms with van der Waals surface area (Å²) in [6.07, 6.45) is 1.72. The summed E-state index contributed by atoms with van der Waals surface area (Å²) in [5.74, 6) is -0.840. The number of esters is 1. The molecule has 0 bridgehead atoms. The van der Waals surface area contributed by atoms with Crippen LogP contribution in [0.5, 0.6) is 5.75 Å². The molecule has 5 nitrogen and oxygen atoms in total. The zero-order valence-electron chi connectivity index (χ0n) is 12.8. The van der Waals surface area contributed by atoms with Crippen LogP contribution in [0.15, 0.2) is 53.4 Å². The summed E-state index contributed by atoms with van der Waals surface area (Å²) in [5, 5.41) is 0. The molecule has 0 saturated carbocycles. The molecule has 0 radical (unpaired) electrons. The van der Waals surface area contributed by atoms with E-state index < -0.39 is 21.8 Å². The number of ether oxygens (including phenoxy) is 1. The van der Waals surface area contributed by atoms with E-state index >= 15 is 0 Å². The van der Waals surface area contributed by atoms with Gasteiger partial charge < -0.3 is 4.74 Å². The van der Waals surface area contributed by atoms with Gasteiger partial charge in [-0.3, -0.25) is 0 Å². The van der Waals surface area contributed by atoms with Gasteiger partial charge in [0.1, 0.15) is 11.6 Å². The number of hydrogen-bond acceptors (Lipinski definition) is 4. The van der Waals surface area contributed by atoms with Crippen LogP contribution in [0, 0.1) is 5.82 Å². The van der Waals surface area contributed by atoms with Crippen LogP contribution >= 0.6 is 0 Å². The number of halogens is 1. The fourth-order valence-corrected chi connectivity index (χ4v) is 4.03. The zero-order chi connectivity index (χ0) is 17.2. The average molecular weight is 349 g/mol. The Hall–Kier alpha value is -2.25. The quantitative estimate of drug-likeness (QED) is 0.629. The van der Waals surface area contributed by atoms with Gasteiger partial charge in [-0.25, -0.2) is 17.6 Å². The molecule has 1 aliphatic heterocycles. The van der Waals surface area contributed by atoms with Crippen molar-refractivity contribution >= 4 is 16.0 Å². The minimum atomic E-state index is -3.51. The van der Waals surface area contributed by atoms with Crippen molar-refractivity contribution in [3.05, 3.63) is 59.9 Å². The normalized spacial score (nSPS) is 15.4. The third kappa shape index (κ3) is 3.47. The smallest absolute Gasteiger partial charge is 0.343 e. The Morgan fingerprint density at radius 1 is 0.958 bits per heavy atom. The highest BCUT2D eigenvalue weighted by Gasteiger charge is 2.27. The number of rotatable bonds is 4. The Balaban J connectivity index is 1.74. The lowest BCUT2D eigenvalue weighted by molar-refractivity contribution is 0.0734. The number of carbonyl (C=O) groups excluding carboxylic acids is 1. The van der Waals surface area contributed by atoms with Crippen molar-refractivity contribution in [2.75, 3.05) is 13.1 Å². The second kappa shape index (κ2) is 6.70. The van der Waals surface area contributed by atoms with Crippen LogP contribution in [-0.2, 0) is 10.0 Å². The van der Waals surface area contributed by atoms with Gasteiger partial charge in [0, 0.05) is 13.1 Å². The molecule has 1 aliphatic rings. The number of benzene rings is 2. The summed E-state index contributed by atoms with van der Waals surface area (Å²) in [6, 6.07) is 10.7. The largest absolute Gasteiger partial charge is 0.423 e. The fourth-order valence-electron chi connectivity index (χ4n) is 2.51. The molecule has 0 spiro atoms. The molecule has 0 atom stereocenters. The van der Waals surface area contributed by atoms with E-state index in [9.17, 15) is 17.6 Å². The number of carbonyl (C=O) groups is 1. The summed E-state index contributed by atoms with van der Waals surface area (Å²) in [5.41, 5.74) is 0.222. The Kier molecular flexibility index (Phi) is 4.64.